The molecule has 1 unspecified atom stereocenters. The van der Waals surface area contributed by atoms with Crippen molar-refractivity contribution in [3.63, 3.8) is 0 Å². The number of hydrogen-bond acceptors (Lipinski definition) is 4. The first kappa shape index (κ1) is 14.5. The molecule has 2 rings (SSSR count). The van der Waals surface area contributed by atoms with Gasteiger partial charge in [-0.2, -0.15) is 5.10 Å². The van der Waals surface area contributed by atoms with E-state index in [0.29, 0.717) is 6.42 Å². The molecule has 0 radical (unpaired) electrons. The molecule has 104 valence electrons. The van der Waals surface area contributed by atoms with E-state index in [1.54, 1.807) is 11.3 Å². The highest BCUT2D eigenvalue weighted by Gasteiger charge is 2.18. The minimum Gasteiger partial charge on any atom is -0.323 e. The molecule has 0 bridgehead atoms. The molecule has 0 fully saturated rings. The van der Waals surface area contributed by atoms with Gasteiger partial charge in [0.1, 0.15) is 0 Å². The molecule has 0 saturated carbocycles. The van der Waals surface area contributed by atoms with Gasteiger partial charge in [0, 0.05) is 30.1 Å². The second-order valence-electron chi connectivity index (χ2n) is 4.47. The number of aromatic nitrogens is 3. The normalized spacial score (nSPS) is 12.9. The van der Waals surface area contributed by atoms with Gasteiger partial charge in [0.15, 0.2) is 0 Å². The molecular formula is C13H19ClN4S. The van der Waals surface area contributed by atoms with Crippen molar-refractivity contribution >= 4 is 22.9 Å². The fraction of sp³-hybridized carbons (Fsp3) is 0.538. The van der Waals surface area contributed by atoms with Crippen LogP contribution in [0, 0.1) is 6.92 Å². The fourth-order valence-electron chi connectivity index (χ4n) is 2.07. The molecule has 1 atom stereocenters. The van der Waals surface area contributed by atoms with Crippen molar-refractivity contribution in [1.82, 2.24) is 14.8 Å². The molecular weight excluding hydrogens is 280 g/mol. The quantitative estimate of drug-likeness (QED) is 0.922. The lowest BCUT2D eigenvalue weighted by atomic mass is 10.1. The van der Waals surface area contributed by atoms with Gasteiger partial charge in [-0.25, -0.2) is 4.98 Å². The standard InChI is InChI=1S/C13H19ClN4S/c1-4-10-13(14)11(18(5-2)17-10)6-9(15)12-7-16-8(3)19-12/h7,9H,4-6,15H2,1-3H3. The summed E-state index contributed by atoms with van der Waals surface area (Å²) in [6, 6.07) is -0.0737. The van der Waals surface area contributed by atoms with Gasteiger partial charge in [-0.3, -0.25) is 4.68 Å². The zero-order valence-electron chi connectivity index (χ0n) is 11.5. The molecule has 0 saturated heterocycles. The van der Waals surface area contributed by atoms with Crippen LogP contribution in [0.4, 0.5) is 0 Å². The van der Waals surface area contributed by atoms with Crippen LogP contribution in [0.25, 0.3) is 0 Å². The molecule has 2 aromatic heterocycles. The first-order valence-corrected chi connectivity index (χ1v) is 7.68. The van der Waals surface area contributed by atoms with Gasteiger partial charge in [0.2, 0.25) is 0 Å². The monoisotopic (exact) mass is 298 g/mol. The molecule has 4 nitrogen and oxygen atoms in total. The van der Waals surface area contributed by atoms with Crippen LogP contribution >= 0.6 is 22.9 Å². The van der Waals surface area contributed by atoms with E-state index in [2.05, 4.69) is 23.9 Å². The van der Waals surface area contributed by atoms with Crippen LogP contribution in [-0.4, -0.2) is 14.8 Å². The van der Waals surface area contributed by atoms with Crippen molar-refractivity contribution in [2.75, 3.05) is 0 Å². The molecule has 0 aliphatic rings. The summed E-state index contributed by atoms with van der Waals surface area (Å²) in [6.45, 7) is 6.92. The molecule has 2 heterocycles. The van der Waals surface area contributed by atoms with E-state index in [0.717, 1.165) is 39.3 Å². The third-order valence-corrected chi connectivity index (χ3v) is 4.59. The summed E-state index contributed by atoms with van der Waals surface area (Å²) in [5.41, 5.74) is 8.23. The number of nitrogens with two attached hydrogens (primary N) is 1. The summed E-state index contributed by atoms with van der Waals surface area (Å²) < 4.78 is 1.95. The maximum atomic E-state index is 6.39. The second-order valence-corrected chi connectivity index (χ2v) is 6.11. The van der Waals surface area contributed by atoms with Crippen molar-refractivity contribution in [2.24, 2.45) is 5.73 Å². The lowest BCUT2D eigenvalue weighted by molar-refractivity contribution is 0.588. The van der Waals surface area contributed by atoms with E-state index >= 15 is 0 Å². The topological polar surface area (TPSA) is 56.7 Å². The Balaban J connectivity index is 2.25. The Morgan fingerprint density at radius 1 is 1.47 bits per heavy atom. The number of hydrogen-bond donors (Lipinski definition) is 1. The zero-order chi connectivity index (χ0) is 14.0. The lowest BCUT2D eigenvalue weighted by Crippen LogP contribution is -2.15. The van der Waals surface area contributed by atoms with E-state index < -0.39 is 0 Å². The molecule has 19 heavy (non-hydrogen) atoms. The Morgan fingerprint density at radius 2 is 2.21 bits per heavy atom. The Labute approximate surface area is 122 Å². The maximum Gasteiger partial charge on any atom is 0.0897 e. The highest BCUT2D eigenvalue weighted by molar-refractivity contribution is 7.11. The highest BCUT2D eigenvalue weighted by Crippen LogP contribution is 2.27. The number of aryl methyl sites for hydroxylation is 3. The van der Waals surface area contributed by atoms with Crippen molar-refractivity contribution < 1.29 is 0 Å². The summed E-state index contributed by atoms with van der Waals surface area (Å²) in [7, 11) is 0. The fourth-order valence-corrected chi connectivity index (χ4v) is 3.20. The summed E-state index contributed by atoms with van der Waals surface area (Å²) in [5, 5.41) is 6.32. The molecule has 0 amide bonds. The molecule has 0 aliphatic heterocycles. The predicted molar refractivity (Wildman–Crippen MR) is 79.8 cm³/mol. The number of nitrogens with zero attached hydrogens (tertiary/aromatic N) is 3. The van der Waals surface area contributed by atoms with Crippen LogP contribution in [0.5, 0.6) is 0 Å². The number of halogens is 1. The van der Waals surface area contributed by atoms with E-state index in [-0.39, 0.29) is 6.04 Å². The predicted octanol–water partition coefficient (Wildman–Crippen LogP) is 3.13. The highest BCUT2D eigenvalue weighted by atomic mass is 35.5. The van der Waals surface area contributed by atoms with E-state index in [1.807, 2.05) is 17.8 Å². The molecule has 2 aromatic rings. The first-order valence-electron chi connectivity index (χ1n) is 6.48. The SMILES string of the molecule is CCc1nn(CC)c(CC(N)c2cnc(C)s2)c1Cl. The van der Waals surface area contributed by atoms with Gasteiger partial charge >= 0.3 is 0 Å². The van der Waals surface area contributed by atoms with E-state index in [4.69, 9.17) is 17.3 Å². The van der Waals surface area contributed by atoms with E-state index in [9.17, 15) is 0 Å². The largest absolute Gasteiger partial charge is 0.323 e. The summed E-state index contributed by atoms with van der Waals surface area (Å²) in [6.07, 6.45) is 3.39. The maximum absolute atomic E-state index is 6.39. The number of thiazole rings is 1. The Kier molecular flexibility index (Phi) is 4.60. The third kappa shape index (κ3) is 2.99. The zero-order valence-corrected chi connectivity index (χ0v) is 13.1. The van der Waals surface area contributed by atoms with Gasteiger partial charge in [0.05, 0.1) is 21.4 Å². The first-order chi connectivity index (χ1) is 9.06. The van der Waals surface area contributed by atoms with Gasteiger partial charge in [0.25, 0.3) is 0 Å². The van der Waals surface area contributed by atoms with Gasteiger partial charge < -0.3 is 5.73 Å². The molecule has 0 spiro atoms. The van der Waals surface area contributed by atoms with Gasteiger partial charge in [-0.1, -0.05) is 18.5 Å². The minimum absolute atomic E-state index is 0.0737. The van der Waals surface area contributed by atoms with Crippen LogP contribution < -0.4 is 5.73 Å². The average Bonchev–Trinajstić information content (AvgIpc) is 2.95. The Hall–Kier alpha value is -0.910. The number of rotatable bonds is 5. The van der Waals surface area contributed by atoms with Crippen LogP contribution in [0.1, 0.15) is 41.2 Å². The summed E-state index contributed by atoms with van der Waals surface area (Å²) in [5.74, 6) is 0. The smallest absolute Gasteiger partial charge is 0.0897 e. The van der Waals surface area contributed by atoms with Crippen molar-refractivity contribution in [3.8, 4) is 0 Å². The van der Waals surface area contributed by atoms with Gasteiger partial charge in [-0.05, 0) is 20.3 Å². The van der Waals surface area contributed by atoms with Crippen LogP contribution in [-0.2, 0) is 19.4 Å². The summed E-state index contributed by atoms with van der Waals surface area (Å²) >= 11 is 8.03. The Morgan fingerprint density at radius 3 is 2.74 bits per heavy atom. The molecule has 0 aromatic carbocycles. The van der Waals surface area contributed by atoms with Crippen LogP contribution in [0.2, 0.25) is 5.02 Å². The molecule has 2 N–H and O–H groups in total. The van der Waals surface area contributed by atoms with Crippen molar-refractivity contribution in [1.29, 1.82) is 0 Å². The van der Waals surface area contributed by atoms with E-state index in [1.165, 1.54) is 0 Å². The summed E-state index contributed by atoms with van der Waals surface area (Å²) in [4.78, 5) is 5.34. The van der Waals surface area contributed by atoms with Crippen molar-refractivity contribution in [2.45, 2.75) is 46.2 Å². The second kappa shape index (κ2) is 6.03. The average molecular weight is 299 g/mol. The van der Waals surface area contributed by atoms with Gasteiger partial charge in [-0.15, -0.1) is 11.3 Å². The van der Waals surface area contributed by atoms with Crippen LogP contribution in [0.3, 0.4) is 0 Å². The lowest BCUT2D eigenvalue weighted by Gasteiger charge is -2.11. The van der Waals surface area contributed by atoms with Crippen LogP contribution in [0.15, 0.2) is 6.20 Å². The van der Waals surface area contributed by atoms with Crippen molar-refractivity contribution in [3.05, 3.63) is 32.5 Å². The minimum atomic E-state index is -0.0737. The third-order valence-electron chi connectivity index (χ3n) is 3.11. The Bertz CT molecular complexity index is 561. The molecule has 6 heteroatoms. The molecule has 0 aliphatic carbocycles.